The number of aliphatic hydroxyl groups excluding tert-OH is 1. The number of nitrogens with zero attached hydrogens (tertiary/aromatic N) is 1. The molecule has 134 valence electrons. The highest BCUT2D eigenvalue weighted by Gasteiger charge is 2.36. The monoisotopic (exact) mass is 356 g/mol. The molecule has 0 saturated heterocycles. The van der Waals surface area contributed by atoms with Gasteiger partial charge in [0.15, 0.2) is 5.76 Å². The van der Waals surface area contributed by atoms with Crippen molar-refractivity contribution in [3.8, 4) is 23.3 Å². The van der Waals surface area contributed by atoms with E-state index in [0.717, 1.165) is 6.07 Å². The number of methoxy groups -OCH3 is 2. The van der Waals surface area contributed by atoms with Crippen molar-refractivity contribution in [2.75, 3.05) is 14.2 Å². The third-order valence-electron chi connectivity index (χ3n) is 4.04. The molecule has 1 atom stereocenters. The summed E-state index contributed by atoms with van der Waals surface area (Å²) in [5, 5.41) is 18.9. The van der Waals surface area contributed by atoms with E-state index in [2.05, 4.69) is 0 Å². The van der Waals surface area contributed by atoms with Crippen LogP contribution < -0.4 is 25.4 Å². The van der Waals surface area contributed by atoms with Gasteiger partial charge in [0, 0.05) is 17.7 Å². The van der Waals surface area contributed by atoms with Gasteiger partial charge in [-0.3, -0.25) is 4.79 Å². The molecule has 26 heavy (non-hydrogen) atoms. The third kappa shape index (κ3) is 2.74. The maximum atomic E-state index is 12.3. The highest BCUT2D eigenvalue weighted by molar-refractivity contribution is 5.56. The standard InChI is InChI=1S/C18H16N2O6/c1-23-9-3-4-11(14(6-9)24-2)15-12(7-19)18(20)26-16-13(22)5-10(8-21)25-17(15)16/h3-6,15,21H,8,20H2,1-2H3/t15-/m1/s1. The molecular formula is C18H16N2O6. The first-order valence-electron chi connectivity index (χ1n) is 7.61. The molecule has 2 heterocycles. The Morgan fingerprint density at radius 1 is 1.31 bits per heavy atom. The summed E-state index contributed by atoms with van der Waals surface area (Å²) in [5.41, 5.74) is 5.96. The summed E-state index contributed by atoms with van der Waals surface area (Å²) in [4.78, 5) is 12.3. The van der Waals surface area contributed by atoms with Gasteiger partial charge in [-0.2, -0.15) is 5.26 Å². The van der Waals surface area contributed by atoms with Gasteiger partial charge in [-0.15, -0.1) is 0 Å². The van der Waals surface area contributed by atoms with Gasteiger partial charge in [-0.05, 0) is 6.07 Å². The summed E-state index contributed by atoms with van der Waals surface area (Å²) in [6.07, 6.45) is 0. The number of rotatable bonds is 4. The second-order valence-corrected chi connectivity index (χ2v) is 5.46. The van der Waals surface area contributed by atoms with Gasteiger partial charge in [0.1, 0.15) is 35.5 Å². The first kappa shape index (κ1) is 17.4. The molecule has 1 aromatic heterocycles. The fraction of sp³-hybridized carbons (Fsp3) is 0.222. The topological polar surface area (TPSA) is 128 Å². The van der Waals surface area contributed by atoms with Crippen LogP contribution in [0.15, 0.2) is 44.9 Å². The van der Waals surface area contributed by atoms with E-state index in [1.807, 2.05) is 6.07 Å². The first-order valence-corrected chi connectivity index (χ1v) is 7.61. The number of benzene rings is 1. The predicted molar refractivity (Wildman–Crippen MR) is 89.7 cm³/mol. The predicted octanol–water partition coefficient (Wildman–Crippen LogP) is 1.37. The average molecular weight is 356 g/mol. The quantitative estimate of drug-likeness (QED) is 0.840. The molecule has 3 N–H and O–H groups in total. The third-order valence-corrected chi connectivity index (χ3v) is 4.04. The molecule has 0 amide bonds. The van der Waals surface area contributed by atoms with Crippen LogP contribution in [0.25, 0.3) is 0 Å². The Labute approximate surface area is 148 Å². The van der Waals surface area contributed by atoms with Crippen molar-refractivity contribution in [3.63, 3.8) is 0 Å². The maximum Gasteiger partial charge on any atom is 0.228 e. The summed E-state index contributed by atoms with van der Waals surface area (Å²) in [7, 11) is 2.99. The van der Waals surface area contributed by atoms with Crippen LogP contribution in [0.5, 0.6) is 17.2 Å². The van der Waals surface area contributed by atoms with Crippen molar-refractivity contribution in [2.45, 2.75) is 12.5 Å². The van der Waals surface area contributed by atoms with E-state index in [-0.39, 0.29) is 28.7 Å². The molecule has 8 nitrogen and oxygen atoms in total. The molecule has 0 bridgehead atoms. The molecule has 0 radical (unpaired) electrons. The van der Waals surface area contributed by atoms with Crippen LogP contribution in [0.2, 0.25) is 0 Å². The van der Waals surface area contributed by atoms with Gasteiger partial charge in [0.2, 0.25) is 17.1 Å². The zero-order valence-corrected chi connectivity index (χ0v) is 14.1. The number of allylic oxidation sites excluding steroid dienone is 1. The maximum absolute atomic E-state index is 12.3. The van der Waals surface area contributed by atoms with Gasteiger partial charge in [0.25, 0.3) is 0 Å². The molecule has 3 rings (SSSR count). The number of aliphatic hydroxyl groups is 1. The molecule has 0 saturated carbocycles. The fourth-order valence-corrected chi connectivity index (χ4v) is 2.83. The molecule has 0 aliphatic carbocycles. The minimum Gasteiger partial charge on any atom is -0.497 e. The molecule has 0 spiro atoms. The lowest BCUT2D eigenvalue weighted by atomic mass is 9.86. The Hall–Kier alpha value is -3.44. The smallest absolute Gasteiger partial charge is 0.228 e. The average Bonchev–Trinajstić information content (AvgIpc) is 2.66. The van der Waals surface area contributed by atoms with Crippen molar-refractivity contribution >= 4 is 0 Å². The highest BCUT2D eigenvalue weighted by Crippen LogP contribution is 2.44. The van der Waals surface area contributed by atoms with Gasteiger partial charge in [-0.1, -0.05) is 6.07 Å². The number of fused-ring (bicyclic) bond motifs is 1. The summed E-state index contributed by atoms with van der Waals surface area (Å²) in [5.74, 6) is -0.0423. The summed E-state index contributed by atoms with van der Waals surface area (Å²) in [6.45, 7) is -0.476. The Morgan fingerprint density at radius 3 is 2.69 bits per heavy atom. The number of hydrogen-bond acceptors (Lipinski definition) is 8. The minimum atomic E-state index is -0.830. The Bertz CT molecular complexity index is 986. The molecular weight excluding hydrogens is 340 g/mol. The van der Waals surface area contributed by atoms with E-state index in [1.165, 1.54) is 14.2 Å². The van der Waals surface area contributed by atoms with Gasteiger partial charge in [-0.25, -0.2) is 0 Å². The van der Waals surface area contributed by atoms with E-state index < -0.39 is 18.0 Å². The van der Waals surface area contributed by atoms with Crippen LogP contribution in [0, 0.1) is 11.3 Å². The van der Waals surface area contributed by atoms with Crippen LogP contribution >= 0.6 is 0 Å². The number of hydrogen-bond donors (Lipinski definition) is 2. The van der Waals surface area contributed by atoms with Crippen molar-refractivity contribution in [2.24, 2.45) is 5.73 Å². The Kier molecular flexibility index (Phi) is 4.56. The summed E-state index contributed by atoms with van der Waals surface area (Å²) in [6, 6.07) is 8.13. The lowest BCUT2D eigenvalue weighted by Crippen LogP contribution is -2.25. The molecule has 1 aliphatic heterocycles. The number of nitriles is 1. The van der Waals surface area contributed by atoms with Crippen LogP contribution in [-0.2, 0) is 6.61 Å². The van der Waals surface area contributed by atoms with E-state index in [4.69, 9.17) is 24.4 Å². The van der Waals surface area contributed by atoms with Gasteiger partial charge >= 0.3 is 0 Å². The molecule has 0 fully saturated rings. The molecule has 0 unspecified atom stereocenters. The minimum absolute atomic E-state index is 0.0487. The normalized spacial score (nSPS) is 15.7. The Morgan fingerprint density at radius 2 is 2.08 bits per heavy atom. The van der Waals surface area contributed by atoms with Crippen LogP contribution in [-0.4, -0.2) is 19.3 Å². The van der Waals surface area contributed by atoms with Crippen molar-refractivity contribution in [1.82, 2.24) is 0 Å². The van der Waals surface area contributed by atoms with E-state index >= 15 is 0 Å². The van der Waals surface area contributed by atoms with E-state index in [1.54, 1.807) is 18.2 Å². The molecule has 1 aromatic carbocycles. The first-order chi connectivity index (χ1) is 12.5. The van der Waals surface area contributed by atoms with Crippen molar-refractivity contribution in [1.29, 1.82) is 5.26 Å². The second kappa shape index (κ2) is 6.82. The molecule has 1 aliphatic rings. The van der Waals surface area contributed by atoms with Gasteiger partial charge < -0.3 is 29.5 Å². The number of ether oxygens (including phenoxy) is 3. The summed E-state index contributed by atoms with van der Waals surface area (Å²) < 4.78 is 21.5. The SMILES string of the molecule is COc1ccc([C@@H]2C(C#N)=C(N)Oc3c2oc(CO)cc3=O)c(OC)c1. The van der Waals surface area contributed by atoms with Gasteiger partial charge in [0.05, 0.1) is 20.1 Å². The zero-order valence-electron chi connectivity index (χ0n) is 14.1. The van der Waals surface area contributed by atoms with Crippen LogP contribution in [0.3, 0.4) is 0 Å². The fourth-order valence-electron chi connectivity index (χ4n) is 2.83. The molecule has 8 heteroatoms. The highest BCUT2D eigenvalue weighted by atomic mass is 16.5. The van der Waals surface area contributed by atoms with Crippen LogP contribution in [0.1, 0.15) is 23.0 Å². The van der Waals surface area contributed by atoms with E-state index in [9.17, 15) is 15.2 Å². The van der Waals surface area contributed by atoms with E-state index in [0.29, 0.717) is 17.1 Å². The number of nitrogens with two attached hydrogens (primary N) is 1. The lowest BCUT2D eigenvalue weighted by molar-refractivity contribution is 0.231. The zero-order chi connectivity index (χ0) is 18.8. The summed E-state index contributed by atoms with van der Waals surface area (Å²) >= 11 is 0. The lowest BCUT2D eigenvalue weighted by Gasteiger charge is -2.26. The second-order valence-electron chi connectivity index (χ2n) is 5.46. The Balaban J connectivity index is 2.31. The van der Waals surface area contributed by atoms with Crippen molar-refractivity contribution in [3.05, 3.63) is 63.0 Å². The molecule has 2 aromatic rings. The van der Waals surface area contributed by atoms with Crippen LogP contribution in [0.4, 0.5) is 0 Å². The largest absolute Gasteiger partial charge is 0.497 e. The van der Waals surface area contributed by atoms with Crippen molar-refractivity contribution < 1.29 is 23.7 Å².